The molecule has 1 N–H and O–H groups in total. The molecule has 0 amide bonds. The zero-order valence-corrected chi connectivity index (χ0v) is 11.9. The van der Waals surface area contributed by atoms with Gasteiger partial charge in [-0.15, -0.1) is 0 Å². The fourth-order valence-electron chi connectivity index (χ4n) is 3.42. The molecular formula is C17H27N. The Hall–Kier alpha value is -0.820. The molecule has 3 unspecified atom stereocenters. The summed E-state index contributed by atoms with van der Waals surface area (Å²) in [5.41, 5.74) is 1.49. The van der Waals surface area contributed by atoms with Gasteiger partial charge in [-0.05, 0) is 56.0 Å². The van der Waals surface area contributed by atoms with Gasteiger partial charge in [0.1, 0.15) is 0 Å². The van der Waals surface area contributed by atoms with E-state index in [1.165, 1.54) is 37.7 Å². The van der Waals surface area contributed by atoms with Crippen molar-refractivity contribution in [3.63, 3.8) is 0 Å². The van der Waals surface area contributed by atoms with Gasteiger partial charge in [-0.2, -0.15) is 0 Å². The first-order chi connectivity index (χ1) is 8.81. The Bertz CT molecular complexity index is 333. The second-order valence-corrected chi connectivity index (χ2v) is 5.74. The average molecular weight is 245 g/mol. The van der Waals surface area contributed by atoms with Crippen molar-refractivity contribution in [1.29, 1.82) is 0 Å². The highest BCUT2D eigenvalue weighted by molar-refractivity contribution is 5.14. The maximum atomic E-state index is 3.63. The van der Waals surface area contributed by atoms with E-state index in [0.29, 0.717) is 0 Å². The SMILES string of the molecule is CCNC1CCC(CCCc2ccccc2)C1C. The van der Waals surface area contributed by atoms with Gasteiger partial charge in [0.05, 0.1) is 0 Å². The predicted octanol–water partition coefficient (Wildman–Crippen LogP) is 4.03. The molecule has 3 atom stereocenters. The van der Waals surface area contributed by atoms with E-state index >= 15 is 0 Å². The summed E-state index contributed by atoms with van der Waals surface area (Å²) in [6.45, 7) is 5.77. The molecule has 100 valence electrons. The van der Waals surface area contributed by atoms with Crippen LogP contribution in [-0.4, -0.2) is 12.6 Å². The van der Waals surface area contributed by atoms with E-state index in [2.05, 4.69) is 49.5 Å². The quantitative estimate of drug-likeness (QED) is 0.798. The molecule has 0 heterocycles. The van der Waals surface area contributed by atoms with Crippen LogP contribution in [0.2, 0.25) is 0 Å². The first kappa shape index (κ1) is 13.6. The van der Waals surface area contributed by atoms with E-state index in [-0.39, 0.29) is 0 Å². The number of hydrogen-bond donors (Lipinski definition) is 1. The van der Waals surface area contributed by atoms with Gasteiger partial charge in [0.25, 0.3) is 0 Å². The molecule has 0 aromatic heterocycles. The molecule has 2 rings (SSSR count). The Kier molecular flexibility index (Phi) is 5.25. The Morgan fingerprint density at radius 1 is 1.17 bits per heavy atom. The third kappa shape index (κ3) is 3.58. The van der Waals surface area contributed by atoms with E-state index in [1.54, 1.807) is 0 Å². The van der Waals surface area contributed by atoms with Crippen molar-refractivity contribution in [2.75, 3.05) is 6.54 Å². The lowest BCUT2D eigenvalue weighted by atomic mass is 9.90. The molecule has 0 spiro atoms. The van der Waals surface area contributed by atoms with Crippen LogP contribution in [0.4, 0.5) is 0 Å². The fourth-order valence-corrected chi connectivity index (χ4v) is 3.42. The van der Waals surface area contributed by atoms with Crippen molar-refractivity contribution in [3.8, 4) is 0 Å². The highest BCUT2D eigenvalue weighted by Gasteiger charge is 2.31. The topological polar surface area (TPSA) is 12.0 Å². The van der Waals surface area contributed by atoms with Crippen LogP contribution >= 0.6 is 0 Å². The molecule has 0 saturated heterocycles. The number of nitrogens with one attached hydrogen (secondary N) is 1. The number of hydrogen-bond acceptors (Lipinski definition) is 1. The zero-order chi connectivity index (χ0) is 12.8. The van der Waals surface area contributed by atoms with Gasteiger partial charge in [0.15, 0.2) is 0 Å². The smallest absolute Gasteiger partial charge is 0.00953 e. The van der Waals surface area contributed by atoms with Gasteiger partial charge in [-0.1, -0.05) is 44.2 Å². The molecule has 1 heteroatoms. The van der Waals surface area contributed by atoms with E-state index in [1.807, 2.05) is 0 Å². The van der Waals surface area contributed by atoms with Crippen molar-refractivity contribution in [2.24, 2.45) is 11.8 Å². The van der Waals surface area contributed by atoms with Crippen LogP contribution in [0.5, 0.6) is 0 Å². The molecule has 0 radical (unpaired) electrons. The van der Waals surface area contributed by atoms with Crippen LogP contribution in [0.3, 0.4) is 0 Å². The summed E-state index contributed by atoms with van der Waals surface area (Å²) in [4.78, 5) is 0. The lowest BCUT2D eigenvalue weighted by Gasteiger charge is -2.21. The molecule has 1 aromatic carbocycles. The van der Waals surface area contributed by atoms with Crippen LogP contribution in [0.15, 0.2) is 30.3 Å². The number of aryl methyl sites for hydroxylation is 1. The summed E-state index contributed by atoms with van der Waals surface area (Å²) >= 11 is 0. The van der Waals surface area contributed by atoms with Crippen LogP contribution in [0.1, 0.15) is 45.1 Å². The first-order valence-corrected chi connectivity index (χ1v) is 7.58. The van der Waals surface area contributed by atoms with Crippen LogP contribution < -0.4 is 5.32 Å². The Balaban J connectivity index is 1.71. The molecule has 1 nitrogen and oxygen atoms in total. The first-order valence-electron chi connectivity index (χ1n) is 7.58. The van der Waals surface area contributed by atoms with Crippen LogP contribution in [0.25, 0.3) is 0 Å². The zero-order valence-electron chi connectivity index (χ0n) is 11.9. The van der Waals surface area contributed by atoms with E-state index in [0.717, 1.165) is 24.4 Å². The summed E-state index contributed by atoms with van der Waals surface area (Å²) in [5.74, 6) is 1.80. The van der Waals surface area contributed by atoms with E-state index in [4.69, 9.17) is 0 Å². The molecule has 1 fully saturated rings. The minimum atomic E-state index is 0.775. The summed E-state index contributed by atoms with van der Waals surface area (Å²) < 4.78 is 0. The summed E-state index contributed by atoms with van der Waals surface area (Å²) in [6.07, 6.45) is 6.80. The second-order valence-electron chi connectivity index (χ2n) is 5.74. The normalized spacial score (nSPS) is 27.6. The van der Waals surface area contributed by atoms with Crippen molar-refractivity contribution in [1.82, 2.24) is 5.32 Å². The molecule has 18 heavy (non-hydrogen) atoms. The highest BCUT2D eigenvalue weighted by atomic mass is 14.9. The molecule has 0 aliphatic heterocycles. The van der Waals surface area contributed by atoms with Crippen LogP contribution in [-0.2, 0) is 6.42 Å². The lowest BCUT2D eigenvalue weighted by Crippen LogP contribution is -2.32. The lowest BCUT2D eigenvalue weighted by molar-refractivity contribution is 0.335. The Morgan fingerprint density at radius 3 is 2.67 bits per heavy atom. The maximum Gasteiger partial charge on any atom is 0.00953 e. The van der Waals surface area contributed by atoms with Crippen molar-refractivity contribution >= 4 is 0 Å². The Labute approximate surface area is 112 Å². The summed E-state index contributed by atoms with van der Waals surface area (Å²) in [6, 6.07) is 11.7. The van der Waals surface area contributed by atoms with E-state index < -0.39 is 0 Å². The van der Waals surface area contributed by atoms with Gasteiger partial charge in [-0.3, -0.25) is 0 Å². The minimum absolute atomic E-state index is 0.775. The van der Waals surface area contributed by atoms with Gasteiger partial charge < -0.3 is 5.32 Å². The van der Waals surface area contributed by atoms with Gasteiger partial charge in [0, 0.05) is 6.04 Å². The number of benzene rings is 1. The summed E-state index contributed by atoms with van der Waals surface area (Å²) in [7, 11) is 0. The van der Waals surface area contributed by atoms with Crippen LogP contribution in [0, 0.1) is 11.8 Å². The number of rotatable bonds is 6. The minimum Gasteiger partial charge on any atom is -0.314 e. The second kappa shape index (κ2) is 6.94. The predicted molar refractivity (Wildman–Crippen MR) is 78.7 cm³/mol. The molecule has 1 saturated carbocycles. The third-order valence-electron chi connectivity index (χ3n) is 4.58. The van der Waals surface area contributed by atoms with Crippen molar-refractivity contribution in [3.05, 3.63) is 35.9 Å². The van der Waals surface area contributed by atoms with Crippen molar-refractivity contribution in [2.45, 2.75) is 52.0 Å². The Morgan fingerprint density at radius 2 is 1.94 bits per heavy atom. The maximum absolute atomic E-state index is 3.63. The average Bonchev–Trinajstić information content (AvgIpc) is 2.73. The van der Waals surface area contributed by atoms with Gasteiger partial charge >= 0.3 is 0 Å². The van der Waals surface area contributed by atoms with E-state index in [9.17, 15) is 0 Å². The van der Waals surface area contributed by atoms with Gasteiger partial charge in [-0.25, -0.2) is 0 Å². The van der Waals surface area contributed by atoms with Gasteiger partial charge in [0.2, 0.25) is 0 Å². The highest BCUT2D eigenvalue weighted by Crippen LogP contribution is 2.35. The largest absolute Gasteiger partial charge is 0.314 e. The monoisotopic (exact) mass is 245 g/mol. The standard InChI is InChI=1S/C17H27N/c1-3-18-17-13-12-16(14(17)2)11-7-10-15-8-5-4-6-9-15/h4-6,8-9,14,16-18H,3,7,10-13H2,1-2H3. The fraction of sp³-hybridized carbons (Fsp3) is 0.647. The van der Waals surface area contributed by atoms with Crippen molar-refractivity contribution < 1.29 is 0 Å². The molecule has 1 aliphatic carbocycles. The summed E-state index contributed by atoms with van der Waals surface area (Å²) in [5, 5.41) is 3.63. The third-order valence-corrected chi connectivity index (χ3v) is 4.58. The molecule has 1 aliphatic rings. The molecule has 1 aromatic rings. The molecular weight excluding hydrogens is 218 g/mol. The molecule has 0 bridgehead atoms.